The third-order valence-electron chi connectivity index (χ3n) is 4.83. The number of guanidine groups is 1. The normalized spacial score (nSPS) is 28.3. The highest BCUT2D eigenvalue weighted by molar-refractivity contribution is 8.93. The summed E-state index contributed by atoms with van der Waals surface area (Å²) >= 11 is 0. The maximum absolute atomic E-state index is 6.25. The first kappa shape index (κ1) is 20.7. The standard InChI is InChI=1S/C16H31N3O3.BrH/c1-4-13-10-19(11-14(5-2)22-13)15(17)18-12-16(20-3)6-8-21-9-7-16;/h13-14H,4-12H2,1-3H3,(H2,17,18);1H. The summed E-state index contributed by atoms with van der Waals surface area (Å²) in [6.45, 7) is 8.01. The highest BCUT2D eigenvalue weighted by Gasteiger charge is 2.33. The Morgan fingerprint density at radius 3 is 2.26 bits per heavy atom. The Hall–Kier alpha value is -0.370. The molecule has 2 aliphatic heterocycles. The maximum atomic E-state index is 6.25. The fraction of sp³-hybridized carbons (Fsp3) is 0.938. The topological polar surface area (TPSA) is 69.3 Å². The second-order valence-electron chi connectivity index (χ2n) is 6.28. The summed E-state index contributed by atoms with van der Waals surface area (Å²) in [4.78, 5) is 6.80. The fourth-order valence-corrected chi connectivity index (χ4v) is 3.06. The molecular weight excluding hydrogens is 362 g/mol. The number of morpholine rings is 1. The Morgan fingerprint density at radius 1 is 1.22 bits per heavy atom. The van der Waals surface area contributed by atoms with Crippen molar-refractivity contribution in [2.45, 2.75) is 57.3 Å². The molecule has 6 nitrogen and oxygen atoms in total. The summed E-state index contributed by atoms with van der Waals surface area (Å²) < 4.78 is 17.1. The lowest BCUT2D eigenvalue weighted by atomic mass is 9.94. The van der Waals surface area contributed by atoms with Crippen LogP contribution in [0.15, 0.2) is 4.99 Å². The highest BCUT2D eigenvalue weighted by atomic mass is 79.9. The van der Waals surface area contributed by atoms with Gasteiger partial charge in [-0.05, 0) is 12.8 Å². The largest absolute Gasteiger partial charge is 0.381 e. The van der Waals surface area contributed by atoms with E-state index >= 15 is 0 Å². The molecule has 2 rings (SSSR count). The van der Waals surface area contributed by atoms with E-state index in [-0.39, 0.29) is 34.8 Å². The van der Waals surface area contributed by atoms with E-state index in [0.29, 0.717) is 12.5 Å². The molecule has 0 saturated carbocycles. The zero-order valence-electron chi connectivity index (χ0n) is 14.6. The quantitative estimate of drug-likeness (QED) is 0.570. The number of rotatable bonds is 5. The molecule has 0 aromatic rings. The van der Waals surface area contributed by atoms with Crippen LogP contribution < -0.4 is 5.73 Å². The first-order valence-corrected chi connectivity index (χ1v) is 8.45. The molecule has 2 aliphatic rings. The summed E-state index contributed by atoms with van der Waals surface area (Å²) in [5.74, 6) is 0.614. The van der Waals surface area contributed by atoms with Gasteiger partial charge in [0, 0.05) is 46.3 Å². The minimum Gasteiger partial charge on any atom is -0.381 e. The summed E-state index contributed by atoms with van der Waals surface area (Å²) in [7, 11) is 1.76. The number of hydrogen-bond donors (Lipinski definition) is 1. The first-order valence-electron chi connectivity index (χ1n) is 8.45. The van der Waals surface area contributed by atoms with Gasteiger partial charge in [0.15, 0.2) is 5.96 Å². The van der Waals surface area contributed by atoms with Crippen LogP contribution in [-0.4, -0.2) is 68.6 Å². The molecule has 0 radical (unpaired) electrons. The number of ether oxygens (including phenoxy) is 3. The Kier molecular flexibility index (Phi) is 8.82. The van der Waals surface area contributed by atoms with Crippen molar-refractivity contribution in [1.82, 2.24) is 4.90 Å². The van der Waals surface area contributed by atoms with Crippen LogP contribution in [0.2, 0.25) is 0 Å². The molecule has 7 heteroatoms. The number of aliphatic imine (C=N–C) groups is 1. The Morgan fingerprint density at radius 2 is 1.78 bits per heavy atom. The number of hydrogen-bond acceptors (Lipinski definition) is 4. The van der Waals surface area contributed by atoms with Crippen molar-refractivity contribution in [3.63, 3.8) is 0 Å². The second-order valence-corrected chi connectivity index (χ2v) is 6.28. The third kappa shape index (κ3) is 5.59. The van der Waals surface area contributed by atoms with Crippen LogP contribution in [0.4, 0.5) is 0 Å². The zero-order valence-corrected chi connectivity index (χ0v) is 16.3. The second kappa shape index (κ2) is 9.81. The smallest absolute Gasteiger partial charge is 0.191 e. The van der Waals surface area contributed by atoms with Crippen LogP contribution in [0.3, 0.4) is 0 Å². The average Bonchev–Trinajstić information content (AvgIpc) is 2.59. The Balaban J connectivity index is 0.00000264. The van der Waals surface area contributed by atoms with Crippen molar-refractivity contribution in [1.29, 1.82) is 0 Å². The highest BCUT2D eigenvalue weighted by Crippen LogP contribution is 2.25. The van der Waals surface area contributed by atoms with Gasteiger partial charge in [-0.25, -0.2) is 0 Å². The Labute approximate surface area is 150 Å². The molecule has 136 valence electrons. The molecule has 2 heterocycles. The number of nitrogens with zero attached hydrogens (tertiary/aromatic N) is 2. The third-order valence-corrected chi connectivity index (χ3v) is 4.83. The van der Waals surface area contributed by atoms with Gasteiger partial charge >= 0.3 is 0 Å². The van der Waals surface area contributed by atoms with Gasteiger partial charge in [-0.1, -0.05) is 13.8 Å². The van der Waals surface area contributed by atoms with E-state index in [1.165, 1.54) is 0 Å². The van der Waals surface area contributed by atoms with Crippen molar-refractivity contribution in [2.75, 3.05) is 40.0 Å². The van der Waals surface area contributed by atoms with Crippen LogP contribution >= 0.6 is 17.0 Å². The lowest BCUT2D eigenvalue weighted by molar-refractivity contribution is -0.0835. The van der Waals surface area contributed by atoms with Gasteiger partial charge in [0.2, 0.25) is 0 Å². The minimum atomic E-state index is -0.219. The number of methoxy groups -OCH3 is 1. The lowest BCUT2D eigenvalue weighted by Crippen LogP contribution is -2.52. The molecule has 2 N–H and O–H groups in total. The van der Waals surface area contributed by atoms with Gasteiger partial charge in [0.25, 0.3) is 0 Å². The summed E-state index contributed by atoms with van der Waals surface area (Å²) in [6, 6.07) is 0. The maximum Gasteiger partial charge on any atom is 0.191 e. The molecule has 2 fully saturated rings. The predicted octanol–water partition coefficient (Wildman–Crippen LogP) is 1.96. The van der Waals surface area contributed by atoms with E-state index in [9.17, 15) is 0 Å². The summed E-state index contributed by atoms with van der Waals surface area (Å²) in [6.07, 6.45) is 4.23. The monoisotopic (exact) mass is 393 g/mol. The van der Waals surface area contributed by atoms with Gasteiger partial charge in [-0.15, -0.1) is 17.0 Å². The van der Waals surface area contributed by atoms with E-state index in [1.807, 2.05) is 0 Å². The fourth-order valence-electron chi connectivity index (χ4n) is 3.06. The van der Waals surface area contributed by atoms with Crippen molar-refractivity contribution in [3.8, 4) is 0 Å². The van der Waals surface area contributed by atoms with Gasteiger partial charge in [-0.3, -0.25) is 4.99 Å². The predicted molar refractivity (Wildman–Crippen MR) is 97.4 cm³/mol. The molecule has 2 unspecified atom stereocenters. The van der Waals surface area contributed by atoms with Gasteiger partial charge in [-0.2, -0.15) is 0 Å². The van der Waals surface area contributed by atoms with Crippen LogP contribution in [-0.2, 0) is 14.2 Å². The average molecular weight is 394 g/mol. The van der Waals surface area contributed by atoms with Crippen molar-refractivity contribution >= 4 is 22.9 Å². The molecule has 0 spiro atoms. The molecule has 2 atom stereocenters. The lowest BCUT2D eigenvalue weighted by Gasteiger charge is -2.39. The molecule has 0 aliphatic carbocycles. The van der Waals surface area contributed by atoms with E-state index in [2.05, 4.69) is 23.7 Å². The SMILES string of the molecule is Br.CCC1CN(C(N)=NCC2(OC)CCOCC2)CC(CC)O1. The van der Waals surface area contributed by atoms with Gasteiger partial charge < -0.3 is 24.8 Å². The van der Waals surface area contributed by atoms with Crippen LogP contribution in [0.25, 0.3) is 0 Å². The van der Waals surface area contributed by atoms with Gasteiger partial charge in [0.05, 0.1) is 24.4 Å². The van der Waals surface area contributed by atoms with Crippen molar-refractivity contribution in [3.05, 3.63) is 0 Å². The van der Waals surface area contributed by atoms with E-state index < -0.39 is 0 Å². The molecule has 0 aromatic carbocycles. The molecule has 0 bridgehead atoms. The first-order chi connectivity index (χ1) is 10.6. The van der Waals surface area contributed by atoms with Crippen molar-refractivity contribution < 1.29 is 14.2 Å². The zero-order chi connectivity index (χ0) is 16.0. The van der Waals surface area contributed by atoms with E-state index in [1.54, 1.807) is 7.11 Å². The number of nitrogens with two attached hydrogens (primary N) is 1. The number of halogens is 1. The molecule has 23 heavy (non-hydrogen) atoms. The van der Waals surface area contributed by atoms with Crippen LogP contribution in [0.1, 0.15) is 39.5 Å². The minimum absolute atomic E-state index is 0. The molecular formula is C16H32BrN3O3. The Bertz CT molecular complexity index is 364. The van der Waals surface area contributed by atoms with Crippen LogP contribution in [0, 0.1) is 0 Å². The van der Waals surface area contributed by atoms with E-state index in [4.69, 9.17) is 19.9 Å². The van der Waals surface area contributed by atoms with Crippen LogP contribution in [0.5, 0.6) is 0 Å². The summed E-state index contributed by atoms with van der Waals surface area (Å²) in [5, 5.41) is 0. The molecule has 2 saturated heterocycles. The summed E-state index contributed by atoms with van der Waals surface area (Å²) in [5.41, 5.74) is 6.03. The van der Waals surface area contributed by atoms with Crippen molar-refractivity contribution in [2.24, 2.45) is 10.7 Å². The van der Waals surface area contributed by atoms with E-state index in [0.717, 1.165) is 52.0 Å². The molecule has 0 aromatic heterocycles. The molecule has 0 amide bonds. The van der Waals surface area contributed by atoms with Gasteiger partial charge in [0.1, 0.15) is 0 Å².